The molecule has 1 heterocycles. The second kappa shape index (κ2) is 5.06. The van der Waals surface area contributed by atoms with Crippen LogP contribution >= 0.6 is 0 Å². The van der Waals surface area contributed by atoms with Gasteiger partial charge in [-0.15, -0.1) is 0 Å². The zero-order valence-corrected chi connectivity index (χ0v) is 11.4. The lowest BCUT2D eigenvalue weighted by Gasteiger charge is -2.27. The highest BCUT2D eigenvalue weighted by molar-refractivity contribution is 5.50. The molecule has 0 aliphatic carbocycles. The summed E-state index contributed by atoms with van der Waals surface area (Å²) in [4.78, 5) is 0. The molecule has 2 aromatic carbocycles. The van der Waals surface area contributed by atoms with E-state index in [0.29, 0.717) is 0 Å². The Hall–Kier alpha value is -1.80. The summed E-state index contributed by atoms with van der Waals surface area (Å²) >= 11 is 0. The molecular weight excluding hydrogens is 234 g/mol. The molecule has 2 aromatic rings. The minimum atomic E-state index is 0.243. The van der Waals surface area contributed by atoms with Gasteiger partial charge in [0, 0.05) is 5.69 Å². The van der Waals surface area contributed by atoms with Gasteiger partial charge in [-0.2, -0.15) is 0 Å². The van der Waals surface area contributed by atoms with Crippen LogP contribution in [0.15, 0.2) is 42.5 Å². The molecule has 19 heavy (non-hydrogen) atoms. The van der Waals surface area contributed by atoms with E-state index in [1.165, 1.54) is 22.3 Å². The Balaban J connectivity index is 1.86. The highest BCUT2D eigenvalue weighted by Crippen LogP contribution is 2.28. The maximum atomic E-state index is 5.67. The molecule has 0 bridgehead atoms. The smallest absolute Gasteiger partial charge is 0.0751 e. The highest BCUT2D eigenvalue weighted by Gasteiger charge is 2.19. The van der Waals surface area contributed by atoms with E-state index < -0.39 is 0 Å². The molecular formula is C17H19NO. The van der Waals surface area contributed by atoms with Gasteiger partial charge in [-0.1, -0.05) is 30.3 Å². The van der Waals surface area contributed by atoms with Crippen LogP contribution in [-0.4, -0.2) is 6.61 Å². The molecule has 1 aliphatic heterocycles. The van der Waals surface area contributed by atoms with Crippen molar-refractivity contribution in [3.63, 3.8) is 0 Å². The molecule has 2 heteroatoms. The number of aryl methyl sites for hydroxylation is 2. The van der Waals surface area contributed by atoms with Crippen molar-refractivity contribution in [3.05, 3.63) is 64.7 Å². The van der Waals surface area contributed by atoms with Crippen molar-refractivity contribution in [2.24, 2.45) is 0 Å². The summed E-state index contributed by atoms with van der Waals surface area (Å²) in [6.45, 7) is 5.73. The van der Waals surface area contributed by atoms with E-state index in [9.17, 15) is 0 Å². The van der Waals surface area contributed by atoms with Gasteiger partial charge in [0.15, 0.2) is 0 Å². The van der Waals surface area contributed by atoms with Crippen LogP contribution < -0.4 is 5.32 Å². The molecule has 0 aromatic heterocycles. The first-order valence-corrected chi connectivity index (χ1v) is 6.73. The maximum absolute atomic E-state index is 5.67. The standard InChI is InChI=1S/C17H19NO/c1-12-7-8-15(9-13(12)2)18-17-11-19-10-14-5-3-4-6-16(14)17/h3-9,17-18H,10-11H2,1-2H3. The maximum Gasteiger partial charge on any atom is 0.0751 e. The number of hydrogen-bond acceptors (Lipinski definition) is 2. The van der Waals surface area contributed by atoms with Crippen molar-refractivity contribution in [1.29, 1.82) is 0 Å². The Labute approximate surface area is 114 Å². The number of benzene rings is 2. The number of anilines is 1. The topological polar surface area (TPSA) is 21.3 Å². The second-order valence-corrected chi connectivity index (χ2v) is 5.21. The van der Waals surface area contributed by atoms with Gasteiger partial charge < -0.3 is 10.1 Å². The van der Waals surface area contributed by atoms with E-state index in [2.05, 4.69) is 61.6 Å². The normalized spacial score (nSPS) is 17.9. The average molecular weight is 253 g/mol. The van der Waals surface area contributed by atoms with Crippen molar-refractivity contribution in [3.8, 4) is 0 Å². The molecule has 0 saturated carbocycles. The molecule has 3 rings (SSSR count). The van der Waals surface area contributed by atoms with Gasteiger partial charge in [-0.3, -0.25) is 0 Å². The van der Waals surface area contributed by atoms with E-state index in [-0.39, 0.29) is 6.04 Å². The van der Waals surface area contributed by atoms with E-state index in [1.54, 1.807) is 0 Å². The fraction of sp³-hybridized carbons (Fsp3) is 0.294. The minimum Gasteiger partial charge on any atom is -0.376 e. The fourth-order valence-electron chi connectivity index (χ4n) is 2.53. The van der Waals surface area contributed by atoms with Gasteiger partial charge in [0.25, 0.3) is 0 Å². The van der Waals surface area contributed by atoms with Crippen LogP contribution in [0, 0.1) is 13.8 Å². The minimum absolute atomic E-state index is 0.243. The molecule has 2 nitrogen and oxygen atoms in total. The predicted octanol–water partition coefficient (Wildman–Crippen LogP) is 3.99. The third-order valence-corrected chi connectivity index (χ3v) is 3.82. The zero-order valence-electron chi connectivity index (χ0n) is 11.4. The predicted molar refractivity (Wildman–Crippen MR) is 78.4 cm³/mol. The Morgan fingerprint density at radius 2 is 1.89 bits per heavy atom. The monoisotopic (exact) mass is 253 g/mol. The van der Waals surface area contributed by atoms with E-state index in [1.807, 2.05) is 0 Å². The molecule has 0 amide bonds. The fourth-order valence-corrected chi connectivity index (χ4v) is 2.53. The van der Waals surface area contributed by atoms with Crippen LogP contribution in [0.1, 0.15) is 28.3 Å². The summed E-state index contributed by atoms with van der Waals surface area (Å²) in [5.74, 6) is 0. The van der Waals surface area contributed by atoms with Gasteiger partial charge in [0.2, 0.25) is 0 Å². The average Bonchev–Trinajstić information content (AvgIpc) is 2.43. The first kappa shape index (κ1) is 12.2. The number of nitrogens with one attached hydrogen (secondary N) is 1. The SMILES string of the molecule is Cc1ccc(NC2COCc3ccccc32)cc1C. The molecule has 0 saturated heterocycles. The lowest BCUT2D eigenvalue weighted by atomic mass is 9.98. The number of fused-ring (bicyclic) bond motifs is 1. The van der Waals surface area contributed by atoms with Gasteiger partial charge in [0.1, 0.15) is 0 Å². The van der Waals surface area contributed by atoms with E-state index in [0.717, 1.165) is 18.9 Å². The van der Waals surface area contributed by atoms with E-state index in [4.69, 9.17) is 4.74 Å². The lowest BCUT2D eigenvalue weighted by molar-refractivity contribution is 0.0970. The first-order chi connectivity index (χ1) is 9.24. The van der Waals surface area contributed by atoms with Crippen molar-refractivity contribution < 1.29 is 4.74 Å². The summed E-state index contributed by atoms with van der Waals surface area (Å²) in [7, 11) is 0. The van der Waals surface area contributed by atoms with Crippen LogP contribution in [0.2, 0.25) is 0 Å². The lowest BCUT2D eigenvalue weighted by Crippen LogP contribution is -2.23. The molecule has 1 N–H and O–H groups in total. The van der Waals surface area contributed by atoms with Crippen LogP contribution in [0.3, 0.4) is 0 Å². The number of rotatable bonds is 2. The van der Waals surface area contributed by atoms with Gasteiger partial charge >= 0.3 is 0 Å². The van der Waals surface area contributed by atoms with Crippen LogP contribution in [0.5, 0.6) is 0 Å². The third-order valence-electron chi connectivity index (χ3n) is 3.82. The summed E-state index contributed by atoms with van der Waals surface area (Å²) in [6.07, 6.45) is 0. The Morgan fingerprint density at radius 3 is 2.74 bits per heavy atom. The van der Waals surface area contributed by atoms with Gasteiger partial charge in [-0.05, 0) is 48.2 Å². The Kier molecular flexibility index (Phi) is 3.26. The first-order valence-electron chi connectivity index (χ1n) is 6.73. The quantitative estimate of drug-likeness (QED) is 0.874. The number of ether oxygens (including phenoxy) is 1. The van der Waals surface area contributed by atoms with Crippen LogP contribution in [0.25, 0.3) is 0 Å². The molecule has 0 spiro atoms. The summed E-state index contributed by atoms with van der Waals surface area (Å²) < 4.78 is 5.67. The van der Waals surface area contributed by atoms with Crippen molar-refractivity contribution in [2.45, 2.75) is 26.5 Å². The molecule has 98 valence electrons. The Bertz CT molecular complexity index is 592. The molecule has 1 atom stereocenters. The van der Waals surface area contributed by atoms with E-state index >= 15 is 0 Å². The Morgan fingerprint density at radius 1 is 1.05 bits per heavy atom. The summed E-state index contributed by atoms with van der Waals surface area (Å²) in [5.41, 5.74) is 6.44. The zero-order chi connectivity index (χ0) is 13.2. The number of hydrogen-bond donors (Lipinski definition) is 1. The molecule has 1 unspecified atom stereocenters. The van der Waals surface area contributed by atoms with Crippen LogP contribution in [0.4, 0.5) is 5.69 Å². The molecule has 1 aliphatic rings. The van der Waals surface area contributed by atoms with Crippen molar-refractivity contribution >= 4 is 5.69 Å². The summed E-state index contributed by atoms with van der Waals surface area (Å²) in [6, 6.07) is 15.2. The van der Waals surface area contributed by atoms with Crippen LogP contribution in [-0.2, 0) is 11.3 Å². The van der Waals surface area contributed by atoms with Gasteiger partial charge in [0.05, 0.1) is 19.3 Å². The van der Waals surface area contributed by atoms with Crippen molar-refractivity contribution in [2.75, 3.05) is 11.9 Å². The molecule has 0 fully saturated rings. The largest absolute Gasteiger partial charge is 0.376 e. The summed E-state index contributed by atoms with van der Waals surface area (Å²) in [5, 5.41) is 3.58. The second-order valence-electron chi connectivity index (χ2n) is 5.21. The highest BCUT2D eigenvalue weighted by atomic mass is 16.5. The third kappa shape index (κ3) is 2.49. The van der Waals surface area contributed by atoms with Crippen molar-refractivity contribution in [1.82, 2.24) is 0 Å². The van der Waals surface area contributed by atoms with Gasteiger partial charge in [-0.25, -0.2) is 0 Å². The molecule has 0 radical (unpaired) electrons.